The number of esters is 3. The van der Waals surface area contributed by atoms with Gasteiger partial charge in [-0.25, -0.2) is 9.13 Å². The minimum atomic E-state index is -4.94. The monoisotopic (exact) mass is 1590 g/mol. The Kier molecular flexibility index (Phi) is 80.9. The molecule has 0 spiro atoms. The number of hydrogen-bond acceptors (Lipinski definition) is 14. The molecule has 0 rings (SSSR count). The van der Waals surface area contributed by atoms with E-state index >= 15 is 0 Å². The van der Waals surface area contributed by atoms with E-state index in [0.29, 0.717) is 19.3 Å². The lowest BCUT2D eigenvalue weighted by molar-refractivity contribution is -0.161. The lowest BCUT2D eigenvalue weighted by Gasteiger charge is -2.21. The van der Waals surface area contributed by atoms with E-state index in [9.17, 15) is 43.5 Å². The molecule has 0 aliphatic heterocycles. The van der Waals surface area contributed by atoms with Crippen LogP contribution < -0.4 is 0 Å². The lowest BCUT2D eigenvalue weighted by Crippen LogP contribution is -2.30. The lowest BCUT2D eigenvalue weighted by atomic mass is 10.0. The first kappa shape index (κ1) is 106. The summed E-state index contributed by atoms with van der Waals surface area (Å²) in [7, 11) is -9.81. The van der Waals surface area contributed by atoms with Crippen LogP contribution in [0, 0.1) is 0 Å². The molecule has 0 radical (unpaired) electrons. The van der Waals surface area contributed by atoms with Gasteiger partial charge in [-0.15, -0.1) is 0 Å². The molecule has 0 aliphatic rings. The number of unbranched alkanes of at least 4 members (excludes halogenated alkanes) is 33. The number of carbonyl (C=O) groups excluding carboxylic acids is 3. The maximum Gasteiger partial charge on any atom is 0.472 e. The Labute approximate surface area is 676 Å². The highest BCUT2D eigenvalue weighted by molar-refractivity contribution is 7.47. The van der Waals surface area contributed by atoms with E-state index in [1.54, 1.807) is 0 Å². The molecule has 5 atom stereocenters. The molecule has 636 valence electrons. The van der Waals surface area contributed by atoms with Gasteiger partial charge in [-0.1, -0.05) is 346 Å². The van der Waals surface area contributed by atoms with E-state index in [-0.39, 0.29) is 19.3 Å². The Morgan fingerprint density at radius 1 is 0.261 bits per heavy atom. The molecule has 16 nitrogen and oxygen atoms in total. The van der Waals surface area contributed by atoms with Gasteiger partial charge in [0.15, 0.2) is 6.10 Å². The minimum Gasteiger partial charge on any atom is -0.463 e. The molecule has 0 amide bonds. The predicted molar refractivity (Wildman–Crippen MR) is 463 cm³/mol. The highest BCUT2D eigenvalue weighted by atomic mass is 31.2. The number of aliphatic hydroxyl groups is 2. The van der Waals surface area contributed by atoms with Gasteiger partial charge >= 0.3 is 33.6 Å². The first-order chi connectivity index (χ1) is 54.2. The Hall–Kier alpha value is -4.83. The summed E-state index contributed by atoms with van der Waals surface area (Å²) in [6.45, 7) is 2.43. The zero-order valence-electron chi connectivity index (χ0n) is 69.8. The van der Waals surface area contributed by atoms with Crippen LogP contribution >= 0.6 is 15.6 Å². The van der Waals surface area contributed by atoms with Crippen molar-refractivity contribution in [2.24, 2.45) is 0 Å². The fraction of sp³-hybridized carbons (Fsp3) is 0.688. The molecule has 0 fully saturated rings. The summed E-state index contributed by atoms with van der Waals surface area (Å²) in [5, 5.41) is 20.7. The topological polar surface area (TPSA) is 231 Å². The number of allylic oxidation sites excluding steroid dienone is 26. The molecule has 0 heterocycles. The summed E-state index contributed by atoms with van der Waals surface area (Å²) < 4.78 is 61.3. The van der Waals surface area contributed by atoms with E-state index in [4.69, 9.17) is 32.3 Å². The third kappa shape index (κ3) is 85.9. The molecule has 0 saturated heterocycles. The second-order valence-electron chi connectivity index (χ2n) is 28.9. The van der Waals surface area contributed by atoms with Crippen LogP contribution in [0.1, 0.15) is 355 Å². The standard InChI is InChI=1S/C93H158O16P2/c1-4-7-10-13-16-19-22-25-28-30-32-34-36-38-39-40-41-42-43-44-45-46-47-49-51-52-54-56-59-61-64-67-70-73-76-79-91(96)103-82-88(94)83-105-110(99,100)106-84-89(95)85-107-111(101,102)108-87-90(109-93(98)81-78-75-72-69-66-63-58-27-24-21-18-15-12-9-6-3)86-104-92(97)80-77-74-71-68-65-62-60-57-55-53-50-48-37-35-33-31-29-26-23-20-17-14-11-8-5-2/h7-8,10-11,16-21,25-29,32-35,38-39,41-42,48,50,58,88-90,94-95H,4-6,9,12-15,22-24,30-31,36-37,40,43-47,49,51-57,59-87H2,1-3H3,(H,99,100)(H,101,102)/b10-7-,11-8-,19-16-,20-17-,21-18-,28-25-,29-26-,34-32-,35-33-,39-38-,42-41-,50-48-,58-27-. The Morgan fingerprint density at radius 2 is 0.477 bits per heavy atom. The Morgan fingerprint density at radius 3 is 0.757 bits per heavy atom. The second kappa shape index (κ2) is 84.6. The summed E-state index contributed by atoms with van der Waals surface area (Å²) in [6.07, 6.45) is 107. The Balaban J connectivity index is 4.45. The summed E-state index contributed by atoms with van der Waals surface area (Å²) in [5.41, 5.74) is 0. The van der Waals surface area contributed by atoms with Gasteiger partial charge in [-0.05, 0) is 148 Å². The summed E-state index contributed by atoms with van der Waals surface area (Å²) >= 11 is 0. The van der Waals surface area contributed by atoms with Crippen molar-refractivity contribution < 1.29 is 75.8 Å². The number of phosphoric ester groups is 2. The molecule has 0 aromatic heterocycles. The molecule has 0 aliphatic carbocycles. The van der Waals surface area contributed by atoms with Gasteiger partial charge in [0.1, 0.15) is 25.4 Å². The van der Waals surface area contributed by atoms with Gasteiger partial charge in [0.05, 0.1) is 26.4 Å². The molecular weight excluding hydrogens is 1430 g/mol. The minimum absolute atomic E-state index is 0.0846. The average molecular weight is 1590 g/mol. The van der Waals surface area contributed by atoms with E-state index in [1.807, 2.05) is 0 Å². The molecule has 0 aromatic rings. The fourth-order valence-electron chi connectivity index (χ4n) is 11.6. The normalized spacial score (nSPS) is 14.6. The van der Waals surface area contributed by atoms with Crippen molar-refractivity contribution in [3.63, 3.8) is 0 Å². The zero-order valence-corrected chi connectivity index (χ0v) is 71.6. The van der Waals surface area contributed by atoms with Crippen molar-refractivity contribution in [1.29, 1.82) is 0 Å². The molecule has 4 N–H and O–H groups in total. The summed E-state index contributed by atoms with van der Waals surface area (Å²) in [5.74, 6) is -1.59. The van der Waals surface area contributed by atoms with Gasteiger partial charge in [0.25, 0.3) is 0 Å². The quantitative estimate of drug-likeness (QED) is 0.0146. The van der Waals surface area contributed by atoms with Crippen LogP contribution in [0.5, 0.6) is 0 Å². The van der Waals surface area contributed by atoms with Crippen molar-refractivity contribution >= 4 is 33.6 Å². The van der Waals surface area contributed by atoms with Crippen LogP contribution in [-0.4, -0.2) is 95.9 Å². The van der Waals surface area contributed by atoms with E-state index in [1.165, 1.54) is 128 Å². The van der Waals surface area contributed by atoms with Crippen LogP contribution in [0.15, 0.2) is 158 Å². The highest BCUT2D eigenvalue weighted by Crippen LogP contribution is 2.45. The smallest absolute Gasteiger partial charge is 0.463 e. The third-order valence-corrected chi connectivity index (χ3v) is 20.1. The van der Waals surface area contributed by atoms with Crippen LogP contribution in [0.2, 0.25) is 0 Å². The maximum absolute atomic E-state index is 13.0. The number of carbonyl (C=O) groups is 3. The molecule has 111 heavy (non-hydrogen) atoms. The molecule has 0 aromatic carbocycles. The van der Waals surface area contributed by atoms with Gasteiger partial charge in [-0.3, -0.25) is 32.5 Å². The van der Waals surface area contributed by atoms with E-state index < -0.39 is 91.5 Å². The number of rotatable bonds is 82. The number of aliphatic hydroxyl groups excluding tert-OH is 2. The number of hydrogen-bond donors (Lipinski definition) is 4. The van der Waals surface area contributed by atoms with Crippen molar-refractivity contribution in [1.82, 2.24) is 0 Å². The first-order valence-electron chi connectivity index (χ1n) is 43.8. The van der Waals surface area contributed by atoms with Crippen molar-refractivity contribution in [2.75, 3.05) is 39.6 Å². The van der Waals surface area contributed by atoms with Crippen molar-refractivity contribution in [3.05, 3.63) is 158 Å². The third-order valence-electron chi connectivity index (χ3n) is 18.2. The zero-order chi connectivity index (χ0) is 80.8. The van der Waals surface area contributed by atoms with Crippen LogP contribution in [-0.2, 0) is 55.8 Å². The Bertz CT molecular complexity index is 2650. The average Bonchev–Trinajstić information content (AvgIpc) is 0.901. The van der Waals surface area contributed by atoms with E-state index in [0.717, 1.165) is 167 Å². The number of ether oxygens (including phenoxy) is 3. The molecule has 18 heteroatoms. The van der Waals surface area contributed by atoms with Crippen LogP contribution in [0.3, 0.4) is 0 Å². The molecule has 5 unspecified atom stereocenters. The van der Waals surface area contributed by atoms with Crippen LogP contribution in [0.25, 0.3) is 0 Å². The largest absolute Gasteiger partial charge is 0.472 e. The first-order valence-corrected chi connectivity index (χ1v) is 46.8. The van der Waals surface area contributed by atoms with Gasteiger partial charge in [0.2, 0.25) is 0 Å². The van der Waals surface area contributed by atoms with Crippen LogP contribution in [0.4, 0.5) is 0 Å². The molecular formula is C93H158O16P2. The summed E-state index contributed by atoms with van der Waals surface area (Å²) in [6, 6.07) is 0. The van der Waals surface area contributed by atoms with Gasteiger partial charge < -0.3 is 34.2 Å². The summed E-state index contributed by atoms with van der Waals surface area (Å²) in [4.78, 5) is 58.8. The molecule has 0 bridgehead atoms. The van der Waals surface area contributed by atoms with Gasteiger partial charge in [-0.2, -0.15) is 0 Å². The van der Waals surface area contributed by atoms with Crippen molar-refractivity contribution in [3.8, 4) is 0 Å². The van der Waals surface area contributed by atoms with Gasteiger partial charge in [0, 0.05) is 19.3 Å². The van der Waals surface area contributed by atoms with Crippen molar-refractivity contribution in [2.45, 2.75) is 373 Å². The predicted octanol–water partition coefficient (Wildman–Crippen LogP) is 26.5. The highest BCUT2D eigenvalue weighted by Gasteiger charge is 2.29. The fourth-order valence-corrected chi connectivity index (χ4v) is 13.2. The maximum atomic E-state index is 13.0. The molecule has 0 saturated carbocycles. The second-order valence-corrected chi connectivity index (χ2v) is 31.8. The number of phosphoric acid groups is 2. The van der Waals surface area contributed by atoms with E-state index in [2.05, 4.69) is 179 Å². The SMILES string of the molecule is CC/C=C\C/C=C\C/C=C\C/C=C\C/C=C\C/C=C\CCCCCCCCCCCCCCCCCCC(=O)OCC(O)COP(=O)(O)OCC(O)COP(=O)(O)OCC(COC(=O)CCCCCCCCCCC/C=C\C/C=C\C/C=C\C/C=C\C/C=C\CC)OC(=O)CCCCCCC/C=C\C/C=C\CCCCC.